The Labute approximate surface area is 109 Å². The van der Waals surface area contributed by atoms with Crippen molar-refractivity contribution in [3.63, 3.8) is 0 Å². The third kappa shape index (κ3) is 2.33. The average molecular weight is 265 g/mol. The molecule has 1 aromatic rings. The summed E-state index contributed by atoms with van der Waals surface area (Å²) in [5.74, 6) is -1.77. The monoisotopic (exact) mass is 265 g/mol. The topological polar surface area (TPSA) is 98.1 Å². The van der Waals surface area contributed by atoms with E-state index < -0.39 is 17.3 Å². The number of benzene rings is 1. The van der Waals surface area contributed by atoms with Gasteiger partial charge in [-0.05, 0) is 31.5 Å². The van der Waals surface area contributed by atoms with E-state index in [4.69, 9.17) is 5.11 Å². The molecule has 1 aliphatic heterocycles. The van der Waals surface area contributed by atoms with Crippen molar-refractivity contribution < 1.29 is 24.9 Å². The minimum atomic E-state index is -0.956. The van der Waals surface area contributed by atoms with E-state index in [9.17, 15) is 19.8 Å². The van der Waals surface area contributed by atoms with Crippen molar-refractivity contribution in [2.75, 3.05) is 13.1 Å². The van der Waals surface area contributed by atoms with E-state index in [2.05, 4.69) is 0 Å². The molecule has 19 heavy (non-hydrogen) atoms. The number of aliphatic carboxylic acids is 1. The first-order valence-corrected chi connectivity index (χ1v) is 5.88. The SMILES string of the molecule is CC1(C(=O)O)CCN(C(=O)c2cc(O)ccc2O)C1. The number of carbonyl (C=O) groups excluding carboxylic acids is 1. The van der Waals surface area contributed by atoms with E-state index in [0.717, 1.165) is 0 Å². The van der Waals surface area contributed by atoms with Crippen LogP contribution in [0.2, 0.25) is 0 Å². The molecule has 1 unspecified atom stereocenters. The van der Waals surface area contributed by atoms with Gasteiger partial charge in [0, 0.05) is 13.1 Å². The van der Waals surface area contributed by atoms with E-state index >= 15 is 0 Å². The second-order valence-corrected chi connectivity index (χ2v) is 5.04. The van der Waals surface area contributed by atoms with Gasteiger partial charge in [0.2, 0.25) is 0 Å². The van der Waals surface area contributed by atoms with E-state index in [0.29, 0.717) is 13.0 Å². The number of phenolic OH excluding ortho intramolecular Hbond substituents is 2. The van der Waals surface area contributed by atoms with Gasteiger partial charge in [0.1, 0.15) is 11.5 Å². The van der Waals surface area contributed by atoms with Crippen LogP contribution in [0, 0.1) is 5.41 Å². The highest BCUT2D eigenvalue weighted by Crippen LogP contribution is 2.32. The molecule has 1 aliphatic rings. The Morgan fingerprint density at radius 3 is 2.58 bits per heavy atom. The molecule has 0 saturated carbocycles. The zero-order chi connectivity index (χ0) is 14.2. The molecule has 0 aromatic heterocycles. The van der Waals surface area contributed by atoms with Gasteiger partial charge in [0.25, 0.3) is 5.91 Å². The second kappa shape index (κ2) is 4.46. The van der Waals surface area contributed by atoms with Crippen LogP contribution in [0.4, 0.5) is 0 Å². The fourth-order valence-electron chi connectivity index (χ4n) is 2.17. The molecule has 6 heteroatoms. The fraction of sp³-hybridized carbons (Fsp3) is 0.385. The zero-order valence-electron chi connectivity index (χ0n) is 10.5. The van der Waals surface area contributed by atoms with Crippen LogP contribution in [0.25, 0.3) is 0 Å². The number of carboxylic acid groups (broad SMARTS) is 1. The zero-order valence-corrected chi connectivity index (χ0v) is 10.5. The summed E-state index contributed by atoms with van der Waals surface area (Å²) in [6, 6.07) is 3.68. The molecule has 1 aromatic carbocycles. The van der Waals surface area contributed by atoms with Gasteiger partial charge in [-0.25, -0.2) is 0 Å². The van der Waals surface area contributed by atoms with Crippen molar-refractivity contribution in [1.29, 1.82) is 0 Å². The number of hydrogen-bond acceptors (Lipinski definition) is 4. The van der Waals surface area contributed by atoms with E-state index in [1.165, 1.54) is 23.1 Å². The average Bonchev–Trinajstić information content (AvgIpc) is 2.76. The van der Waals surface area contributed by atoms with Crippen LogP contribution in [-0.4, -0.2) is 45.2 Å². The number of phenols is 2. The summed E-state index contributed by atoms with van der Waals surface area (Å²) in [4.78, 5) is 24.7. The Bertz CT molecular complexity index is 542. The van der Waals surface area contributed by atoms with Gasteiger partial charge in [-0.1, -0.05) is 0 Å². The van der Waals surface area contributed by atoms with Crippen LogP contribution in [-0.2, 0) is 4.79 Å². The lowest BCUT2D eigenvalue weighted by Crippen LogP contribution is -2.34. The van der Waals surface area contributed by atoms with Crippen LogP contribution >= 0.6 is 0 Å². The molecular weight excluding hydrogens is 250 g/mol. The quantitative estimate of drug-likeness (QED) is 0.694. The molecular formula is C13H15NO5. The standard InChI is InChI=1S/C13H15NO5/c1-13(12(18)19)4-5-14(7-13)11(17)9-6-8(15)2-3-10(9)16/h2-3,6,15-16H,4-5,7H2,1H3,(H,18,19). The number of aromatic hydroxyl groups is 2. The molecule has 3 N–H and O–H groups in total. The number of carbonyl (C=O) groups is 2. The Balaban J connectivity index is 2.22. The molecule has 1 saturated heterocycles. The highest BCUT2D eigenvalue weighted by atomic mass is 16.4. The van der Waals surface area contributed by atoms with Crippen molar-refractivity contribution in [2.24, 2.45) is 5.41 Å². The first-order chi connectivity index (χ1) is 8.83. The van der Waals surface area contributed by atoms with Gasteiger partial charge in [-0.15, -0.1) is 0 Å². The maximum Gasteiger partial charge on any atom is 0.311 e. The molecule has 6 nitrogen and oxygen atoms in total. The van der Waals surface area contributed by atoms with Gasteiger partial charge < -0.3 is 20.2 Å². The van der Waals surface area contributed by atoms with Gasteiger partial charge in [-0.2, -0.15) is 0 Å². The van der Waals surface area contributed by atoms with Crippen molar-refractivity contribution >= 4 is 11.9 Å². The molecule has 1 fully saturated rings. The molecule has 1 heterocycles. The van der Waals surface area contributed by atoms with Gasteiger partial charge in [0.05, 0.1) is 11.0 Å². The Morgan fingerprint density at radius 1 is 1.32 bits per heavy atom. The number of likely N-dealkylation sites (tertiary alicyclic amines) is 1. The molecule has 2 rings (SSSR count). The lowest BCUT2D eigenvalue weighted by Gasteiger charge is -2.20. The lowest BCUT2D eigenvalue weighted by atomic mass is 9.90. The fourth-order valence-corrected chi connectivity index (χ4v) is 2.17. The molecule has 1 amide bonds. The number of nitrogens with zero attached hydrogens (tertiary/aromatic N) is 1. The van der Waals surface area contributed by atoms with Crippen LogP contribution in [0.5, 0.6) is 11.5 Å². The minimum Gasteiger partial charge on any atom is -0.508 e. The Kier molecular flexibility index (Phi) is 3.09. The lowest BCUT2D eigenvalue weighted by molar-refractivity contribution is -0.147. The summed E-state index contributed by atoms with van der Waals surface area (Å²) in [6.45, 7) is 2.00. The summed E-state index contributed by atoms with van der Waals surface area (Å²) in [5, 5.41) is 28.1. The normalized spacial score (nSPS) is 22.5. The third-order valence-electron chi connectivity index (χ3n) is 3.49. The van der Waals surface area contributed by atoms with Crippen molar-refractivity contribution in [3.05, 3.63) is 23.8 Å². The highest BCUT2D eigenvalue weighted by molar-refractivity contribution is 5.97. The largest absolute Gasteiger partial charge is 0.508 e. The summed E-state index contributed by atoms with van der Waals surface area (Å²) in [6.07, 6.45) is 0.369. The van der Waals surface area contributed by atoms with Crippen LogP contribution < -0.4 is 0 Å². The summed E-state index contributed by atoms with van der Waals surface area (Å²) < 4.78 is 0. The smallest absolute Gasteiger partial charge is 0.311 e. The van der Waals surface area contributed by atoms with Crippen molar-refractivity contribution in [3.8, 4) is 11.5 Å². The first kappa shape index (κ1) is 13.2. The maximum absolute atomic E-state index is 12.2. The molecule has 0 spiro atoms. The molecule has 0 bridgehead atoms. The summed E-state index contributed by atoms with van der Waals surface area (Å²) >= 11 is 0. The molecule has 1 atom stereocenters. The van der Waals surface area contributed by atoms with Gasteiger partial charge >= 0.3 is 5.97 Å². The molecule has 0 radical (unpaired) electrons. The van der Waals surface area contributed by atoms with Crippen LogP contribution in [0.1, 0.15) is 23.7 Å². The summed E-state index contributed by atoms with van der Waals surface area (Å²) in [7, 11) is 0. The first-order valence-electron chi connectivity index (χ1n) is 5.88. The second-order valence-electron chi connectivity index (χ2n) is 5.04. The summed E-state index contributed by atoms with van der Waals surface area (Å²) in [5.41, 5.74) is -0.975. The number of carboxylic acids is 1. The predicted molar refractivity (Wildman–Crippen MR) is 66.0 cm³/mol. The van der Waals surface area contributed by atoms with Gasteiger partial charge in [-0.3, -0.25) is 9.59 Å². The highest BCUT2D eigenvalue weighted by Gasteiger charge is 2.42. The van der Waals surface area contributed by atoms with Crippen molar-refractivity contribution in [1.82, 2.24) is 4.90 Å². The number of rotatable bonds is 2. The number of amides is 1. The maximum atomic E-state index is 12.2. The van der Waals surface area contributed by atoms with Gasteiger partial charge in [0.15, 0.2) is 0 Å². The van der Waals surface area contributed by atoms with Crippen LogP contribution in [0.15, 0.2) is 18.2 Å². The Hall–Kier alpha value is -2.24. The molecule has 0 aliphatic carbocycles. The third-order valence-corrected chi connectivity index (χ3v) is 3.49. The van der Waals surface area contributed by atoms with Crippen molar-refractivity contribution in [2.45, 2.75) is 13.3 Å². The van der Waals surface area contributed by atoms with E-state index in [-0.39, 0.29) is 23.6 Å². The Morgan fingerprint density at radius 2 is 2.00 bits per heavy atom. The van der Waals surface area contributed by atoms with E-state index in [1.54, 1.807) is 6.92 Å². The number of hydrogen-bond donors (Lipinski definition) is 3. The minimum absolute atomic E-state index is 0.0189. The predicted octanol–water partition coefficient (Wildman–Crippen LogP) is 1.03. The molecule has 102 valence electrons. The van der Waals surface area contributed by atoms with Crippen LogP contribution in [0.3, 0.4) is 0 Å². The van der Waals surface area contributed by atoms with E-state index in [1.807, 2.05) is 0 Å².